The van der Waals surface area contributed by atoms with E-state index in [4.69, 9.17) is 4.74 Å². The Morgan fingerprint density at radius 2 is 1.81 bits per heavy atom. The van der Waals surface area contributed by atoms with Crippen LogP contribution in [0, 0.1) is 5.82 Å². The van der Waals surface area contributed by atoms with E-state index in [0.29, 0.717) is 17.6 Å². The van der Waals surface area contributed by atoms with Crippen LogP contribution in [0.25, 0.3) is 0 Å². The van der Waals surface area contributed by atoms with E-state index in [1.54, 1.807) is 0 Å². The minimum Gasteiger partial charge on any atom is -0.491 e. The molecular weight excluding hydrogens is 345 g/mol. The molecule has 3 N–H and O–H groups in total. The molecular formula is C21H28FN3O2. The summed E-state index contributed by atoms with van der Waals surface area (Å²) in [6.07, 6.45) is -0.753. The average Bonchev–Trinajstić information content (AvgIpc) is 2.70. The Hall–Kier alpha value is -2.60. The number of aliphatic hydroxyl groups is 1. The van der Waals surface area contributed by atoms with Gasteiger partial charge in [0.15, 0.2) is 5.96 Å². The zero-order chi connectivity index (χ0) is 19.5. The van der Waals surface area contributed by atoms with Gasteiger partial charge < -0.3 is 20.5 Å². The number of hydrogen-bond donors (Lipinski definition) is 3. The van der Waals surface area contributed by atoms with Gasteiger partial charge in [0.25, 0.3) is 0 Å². The second kappa shape index (κ2) is 11.2. The molecule has 2 rings (SSSR count). The number of rotatable bonds is 9. The topological polar surface area (TPSA) is 65.9 Å². The van der Waals surface area contributed by atoms with Crippen molar-refractivity contribution >= 4 is 5.96 Å². The van der Waals surface area contributed by atoms with Gasteiger partial charge in [-0.05, 0) is 42.7 Å². The molecule has 0 spiro atoms. The van der Waals surface area contributed by atoms with Gasteiger partial charge in [-0.15, -0.1) is 0 Å². The maximum absolute atomic E-state index is 12.9. The second-order valence-corrected chi connectivity index (χ2v) is 6.33. The van der Waals surface area contributed by atoms with E-state index in [9.17, 15) is 9.50 Å². The third-order valence-corrected chi connectivity index (χ3v) is 4.00. The molecule has 0 aromatic heterocycles. The minimum atomic E-state index is -0.753. The molecule has 0 bridgehead atoms. The van der Waals surface area contributed by atoms with Crippen molar-refractivity contribution in [2.45, 2.75) is 25.9 Å². The zero-order valence-corrected chi connectivity index (χ0v) is 15.9. The Morgan fingerprint density at radius 3 is 2.48 bits per heavy atom. The summed E-state index contributed by atoms with van der Waals surface area (Å²) in [4.78, 5) is 4.41. The lowest BCUT2D eigenvalue weighted by Gasteiger charge is -2.17. The minimum absolute atomic E-state index is 0.0922. The lowest BCUT2D eigenvalue weighted by molar-refractivity contribution is 0.114. The second-order valence-electron chi connectivity index (χ2n) is 6.33. The quantitative estimate of drug-likeness (QED) is 0.467. The molecule has 0 fully saturated rings. The molecule has 2 atom stereocenters. The third kappa shape index (κ3) is 7.66. The number of guanidine groups is 1. The molecule has 6 heteroatoms. The van der Waals surface area contributed by atoms with Gasteiger partial charge >= 0.3 is 0 Å². The van der Waals surface area contributed by atoms with Crippen LogP contribution < -0.4 is 15.4 Å². The summed E-state index contributed by atoms with van der Waals surface area (Å²) in [6, 6.07) is 16.0. The molecule has 146 valence electrons. The fourth-order valence-electron chi connectivity index (χ4n) is 2.46. The van der Waals surface area contributed by atoms with Crippen LogP contribution >= 0.6 is 0 Å². The third-order valence-electron chi connectivity index (χ3n) is 4.00. The first-order chi connectivity index (χ1) is 13.1. The van der Waals surface area contributed by atoms with E-state index in [-0.39, 0.29) is 19.0 Å². The summed E-state index contributed by atoms with van der Waals surface area (Å²) in [5.41, 5.74) is 1.26. The highest BCUT2D eigenvalue weighted by Gasteiger charge is 2.08. The smallest absolute Gasteiger partial charge is 0.191 e. The summed E-state index contributed by atoms with van der Waals surface area (Å²) in [6.45, 7) is 5.90. The van der Waals surface area contributed by atoms with E-state index < -0.39 is 6.10 Å². The molecule has 2 aromatic carbocycles. The molecule has 0 saturated heterocycles. The Balaban J connectivity index is 1.80. The normalized spacial score (nSPS) is 13.7. The maximum atomic E-state index is 12.9. The first-order valence-corrected chi connectivity index (χ1v) is 9.22. The van der Waals surface area contributed by atoms with Crippen LogP contribution in [0.3, 0.4) is 0 Å². The van der Waals surface area contributed by atoms with Crippen LogP contribution in [-0.4, -0.2) is 43.4 Å². The van der Waals surface area contributed by atoms with Crippen molar-refractivity contribution in [1.29, 1.82) is 0 Å². The first kappa shape index (κ1) is 20.7. The number of nitrogens with one attached hydrogen (secondary N) is 2. The fourth-order valence-corrected chi connectivity index (χ4v) is 2.46. The number of ether oxygens (including phenoxy) is 1. The molecule has 0 aliphatic carbocycles. The molecule has 2 aromatic rings. The van der Waals surface area contributed by atoms with Gasteiger partial charge in [0.2, 0.25) is 0 Å². The van der Waals surface area contributed by atoms with Gasteiger partial charge in [-0.3, -0.25) is 4.99 Å². The number of aliphatic hydroxyl groups excluding tert-OH is 1. The van der Waals surface area contributed by atoms with Crippen LogP contribution in [0.5, 0.6) is 5.75 Å². The van der Waals surface area contributed by atoms with Crippen molar-refractivity contribution in [1.82, 2.24) is 10.6 Å². The highest BCUT2D eigenvalue weighted by molar-refractivity contribution is 5.79. The van der Waals surface area contributed by atoms with Gasteiger partial charge in [-0.25, -0.2) is 4.39 Å². The van der Waals surface area contributed by atoms with Gasteiger partial charge in [-0.2, -0.15) is 0 Å². The Labute approximate surface area is 160 Å². The Kier molecular flexibility index (Phi) is 8.58. The molecule has 0 heterocycles. The van der Waals surface area contributed by atoms with Crippen molar-refractivity contribution in [3.63, 3.8) is 0 Å². The Morgan fingerprint density at radius 1 is 1.11 bits per heavy atom. The monoisotopic (exact) mass is 373 g/mol. The molecule has 0 amide bonds. The van der Waals surface area contributed by atoms with E-state index in [1.807, 2.05) is 25.1 Å². The zero-order valence-electron chi connectivity index (χ0n) is 15.9. The molecule has 0 saturated carbocycles. The van der Waals surface area contributed by atoms with Crippen molar-refractivity contribution < 1.29 is 14.2 Å². The molecule has 5 nitrogen and oxygen atoms in total. The molecule has 0 radical (unpaired) electrons. The number of hydrogen-bond acceptors (Lipinski definition) is 3. The summed E-state index contributed by atoms with van der Waals surface area (Å²) in [5.74, 6) is 1.18. The summed E-state index contributed by atoms with van der Waals surface area (Å²) in [5, 5.41) is 16.5. The van der Waals surface area contributed by atoms with E-state index >= 15 is 0 Å². The van der Waals surface area contributed by atoms with Gasteiger partial charge in [0.1, 0.15) is 24.3 Å². The fraction of sp³-hybridized carbons (Fsp3) is 0.381. The van der Waals surface area contributed by atoms with Crippen molar-refractivity contribution in [2.24, 2.45) is 4.99 Å². The standard InChI is InChI=1S/C21H28FN3O2/c1-3-23-21(24-13-16(2)17-7-5-4-6-8-17)25-14-19(26)15-27-20-11-9-18(22)10-12-20/h4-12,16,19,26H,3,13-15H2,1-2H3,(H2,23,24,25). The van der Waals surface area contributed by atoms with Gasteiger partial charge in [-0.1, -0.05) is 37.3 Å². The van der Waals surface area contributed by atoms with Gasteiger partial charge in [0, 0.05) is 13.1 Å². The van der Waals surface area contributed by atoms with Crippen LogP contribution in [0.2, 0.25) is 0 Å². The lowest BCUT2D eigenvalue weighted by Crippen LogP contribution is -2.39. The molecule has 2 unspecified atom stereocenters. The molecule has 0 aliphatic heterocycles. The number of nitrogens with zero attached hydrogens (tertiary/aromatic N) is 1. The van der Waals surface area contributed by atoms with Crippen LogP contribution in [0.1, 0.15) is 25.3 Å². The molecule has 0 aliphatic rings. The SMILES string of the molecule is CCNC(=NCC(O)COc1ccc(F)cc1)NCC(C)c1ccccc1. The van der Waals surface area contributed by atoms with Crippen LogP contribution in [0.15, 0.2) is 59.6 Å². The Bertz CT molecular complexity index is 692. The van der Waals surface area contributed by atoms with Crippen LogP contribution in [0.4, 0.5) is 4.39 Å². The predicted molar refractivity (Wildman–Crippen MR) is 107 cm³/mol. The summed E-state index contributed by atoms with van der Waals surface area (Å²) in [7, 11) is 0. The predicted octanol–water partition coefficient (Wildman–Crippen LogP) is 2.92. The summed E-state index contributed by atoms with van der Waals surface area (Å²) < 4.78 is 18.3. The van der Waals surface area contributed by atoms with Gasteiger partial charge in [0.05, 0.1) is 6.54 Å². The average molecular weight is 373 g/mol. The highest BCUT2D eigenvalue weighted by atomic mass is 19.1. The number of benzene rings is 2. The highest BCUT2D eigenvalue weighted by Crippen LogP contribution is 2.13. The number of aliphatic imine (C=N–C) groups is 1. The van der Waals surface area contributed by atoms with Crippen molar-refractivity contribution in [3.05, 3.63) is 66.0 Å². The van der Waals surface area contributed by atoms with E-state index in [1.165, 1.54) is 29.8 Å². The van der Waals surface area contributed by atoms with Crippen LogP contribution in [-0.2, 0) is 0 Å². The van der Waals surface area contributed by atoms with Crippen molar-refractivity contribution in [2.75, 3.05) is 26.2 Å². The van der Waals surface area contributed by atoms with E-state index in [2.05, 4.69) is 34.7 Å². The summed E-state index contributed by atoms with van der Waals surface area (Å²) >= 11 is 0. The first-order valence-electron chi connectivity index (χ1n) is 9.22. The van der Waals surface area contributed by atoms with Crippen molar-refractivity contribution in [3.8, 4) is 5.75 Å². The lowest BCUT2D eigenvalue weighted by atomic mass is 10.0. The number of halogens is 1. The maximum Gasteiger partial charge on any atom is 0.191 e. The van der Waals surface area contributed by atoms with E-state index in [0.717, 1.165) is 13.1 Å². The largest absolute Gasteiger partial charge is 0.491 e. The molecule has 27 heavy (non-hydrogen) atoms.